The first-order valence-electron chi connectivity index (χ1n) is 8.79. The summed E-state index contributed by atoms with van der Waals surface area (Å²) in [7, 11) is 0. The van der Waals surface area contributed by atoms with Crippen molar-refractivity contribution in [3.63, 3.8) is 0 Å². The monoisotopic (exact) mass is 485 g/mol. The minimum atomic E-state index is 0. The van der Waals surface area contributed by atoms with Crippen molar-refractivity contribution in [2.75, 3.05) is 31.7 Å². The molecule has 2 aromatic carbocycles. The van der Waals surface area contributed by atoms with E-state index >= 15 is 0 Å². The smallest absolute Gasteiger partial charge is 0.193 e. The first-order valence-corrected chi connectivity index (χ1v) is 8.79. The van der Waals surface area contributed by atoms with Crippen molar-refractivity contribution in [3.8, 4) is 17.2 Å². The molecular weight excluding hydrogens is 457 g/mol. The van der Waals surface area contributed by atoms with Gasteiger partial charge in [-0.15, -0.1) is 24.0 Å². The summed E-state index contributed by atoms with van der Waals surface area (Å²) >= 11 is 0. The molecular formula is C20H28IN3O3. The van der Waals surface area contributed by atoms with Gasteiger partial charge in [0.25, 0.3) is 0 Å². The predicted molar refractivity (Wildman–Crippen MR) is 121 cm³/mol. The van der Waals surface area contributed by atoms with E-state index in [1.54, 1.807) is 0 Å². The van der Waals surface area contributed by atoms with Gasteiger partial charge in [0.1, 0.15) is 23.9 Å². The summed E-state index contributed by atoms with van der Waals surface area (Å²) in [6.07, 6.45) is 0. The van der Waals surface area contributed by atoms with Crippen LogP contribution in [0.5, 0.6) is 17.2 Å². The minimum Gasteiger partial charge on any atom is -0.494 e. The Bertz CT molecular complexity index is 738. The molecule has 0 heterocycles. The zero-order valence-electron chi connectivity index (χ0n) is 16.0. The van der Waals surface area contributed by atoms with Gasteiger partial charge in [0.15, 0.2) is 5.96 Å². The normalized spacial score (nSPS) is 10.7. The number of nitrogens with two attached hydrogens (primary N) is 1. The molecule has 2 aromatic rings. The fourth-order valence-electron chi connectivity index (χ4n) is 2.36. The fraction of sp³-hybridized carbons (Fsp3) is 0.350. The molecule has 0 aliphatic carbocycles. The molecule has 2 rings (SSSR count). The number of nitrogens with zero attached hydrogens (tertiary/aromatic N) is 1. The fourth-order valence-corrected chi connectivity index (χ4v) is 2.36. The number of para-hydroxylation sites is 1. The maximum Gasteiger partial charge on any atom is 0.193 e. The van der Waals surface area contributed by atoms with Gasteiger partial charge in [-0.3, -0.25) is 0 Å². The van der Waals surface area contributed by atoms with E-state index in [1.165, 1.54) is 0 Å². The van der Waals surface area contributed by atoms with Gasteiger partial charge in [-0.25, -0.2) is 4.99 Å². The highest BCUT2D eigenvalue weighted by molar-refractivity contribution is 14.0. The molecule has 0 aliphatic rings. The minimum absolute atomic E-state index is 0. The van der Waals surface area contributed by atoms with Crippen LogP contribution >= 0.6 is 24.0 Å². The first-order chi connectivity index (χ1) is 12.6. The summed E-state index contributed by atoms with van der Waals surface area (Å²) in [6.45, 7) is 7.92. The molecule has 0 unspecified atom stereocenters. The molecule has 7 heteroatoms. The lowest BCUT2D eigenvalue weighted by Gasteiger charge is -2.14. The topological polar surface area (TPSA) is 78.1 Å². The van der Waals surface area contributed by atoms with Crippen molar-refractivity contribution >= 4 is 35.6 Å². The second-order valence-corrected chi connectivity index (χ2v) is 5.53. The van der Waals surface area contributed by atoms with Crippen molar-refractivity contribution in [1.82, 2.24) is 0 Å². The Balaban J connectivity index is 0.00000364. The van der Waals surface area contributed by atoms with E-state index < -0.39 is 0 Å². The second-order valence-electron chi connectivity index (χ2n) is 5.53. The van der Waals surface area contributed by atoms with Crippen LogP contribution in [0.2, 0.25) is 0 Å². The highest BCUT2D eigenvalue weighted by Gasteiger charge is 2.07. The van der Waals surface area contributed by atoms with E-state index in [4.69, 9.17) is 19.9 Å². The van der Waals surface area contributed by atoms with Gasteiger partial charge in [0.05, 0.1) is 25.4 Å². The molecule has 6 nitrogen and oxygen atoms in total. The van der Waals surface area contributed by atoms with Crippen LogP contribution in [0, 0.1) is 6.92 Å². The van der Waals surface area contributed by atoms with Gasteiger partial charge in [0.2, 0.25) is 0 Å². The average molecular weight is 485 g/mol. The molecule has 0 bridgehead atoms. The molecule has 0 atom stereocenters. The van der Waals surface area contributed by atoms with Gasteiger partial charge in [-0.1, -0.05) is 18.2 Å². The summed E-state index contributed by atoms with van der Waals surface area (Å²) in [5, 5.41) is 3.07. The number of guanidine groups is 1. The number of nitrogens with one attached hydrogen (secondary N) is 1. The molecule has 0 spiro atoms. The number of benzene rings is 2. The largest absolute Gasteiger partial charge is 0.494 e. The zero-order chi connectivity index (χ0) is 18.8. The molecule has 0 aromatic heterocycles. The standard InChI is InChI=1S/C20H27N3O3.HI/c1-4-24-16-10-11-19(25-5-2)17(14-16)23-20(21)22-12-13-26-18-9-7-6-8-15(18)3;/h6-11,14H,4-5,12-13H2,1-3H3,(H3,21,22,23);1H. The van der Waals surface area contributed by atoms with Gasteiger partial charge in [0, 0.05) is 6.07 Å². The summed E-state index contributed by atoms with van der Waals surface area (Å²) in [4.78, 5) is 4.30. The number of aryl methyl sites for hydroxylation is 1. The third-order valence-electron chi connectivity index (χ3n) is 3.55. The Morgan fingerprint density at radius 2 is 1.74 bits per heavy atom. The van der Waals surface area contributed by atoms with Crippen LogP contribution in [0.4, 0.5) is 5.69 Å². The van der Waals surface area contributed by atoms with Crippen LogP contribution in [-0.4, -0.2) is 32.3 Å². The number of rotatable bonds is 9. The summed E-state index contributed by atoms with van der Waals surface area (Å²) in [5.74, 6) is 2.60. The quantitative estimate of drug-likeness (QED) is 0.241. The average Bonchev–Trinajstić information content (AvgIpc) is 2.63. The Morgan fingerprint density at radius 3 is 2.44 bits per heavy atom. The van der Waals surface area contributed by atoms with Crippen molar-refractivity contribution < 1.29 is 14.2 Å². The predicted octanol–water partition coefficient (Wildman–Crippen LogP) is 4.22. The lowest BCUT2D eigenvalue weighted by Crippen LogP contribution is -2.24. The number of halogens is 1. The van der Waals surface area contributed by atoms with Crippen LogP contribution in [0.1, 0.15) is 19.4 Å². The number of hydrogen-bond donors (Lipinski definition) is 2. The number of anilines is 1. The van der Waals surface area contributed by atoms with Gasteiger partial charge in [-0.05, 0) is 44.5 Å². The highest BCUT2D eigenvalue weighted by atomic mass is 127. The zero-order valence-corrected chi connectivity index (χ0v) is 18.4. The van der Waals surface area contributed by atoms with E-state index in [-0.39, 0.29) is 24.0 Å². The van der Waals surface area contributed by atoms with Gasteiger partial charge in [-0.2, -0.15) is 0 Å². The third-order valence-corrected chi connectivity index (χ3v) is 3.55. The Morgan fingerprint density at radius 1 is 1.00 bits per heavy atom. The van der Waals surface area contributed by atoms with Crippen molar-refractivity contribution in [3.05, 3.63) is 48.0 Å². The van der Waals surface area contributed by atoms with E-state index in [0.29, 0.717) is 38.1 Å². The van der Waals surface area contributed by atoms with Crippen LogP contribution in [0.15, 0.2) is 47.5 Å². The lowest BCUT2D eigenvalue weighted by atomic mass is 10.2. The van der Waals surface area contributed by atoms with Crippen LogP contribution in [0.25, 0.3) is 0 Å². The third kappa shape index (κ3) is 7.54. The Hall–Kier alpha value is -2.16. The highest BCUT2D eigenvalue weighted by Crippen LogP contribution is 2.29. The molecule has 0 saturated heterocycles. The Labute approximate surface area is 178 Å². The number of aliphatic imine (C=N–C) groups is 1. The summed E-state index contributed by atoms with van der Waals surface area (Å²) in [5.41, 5.74) is 7.81. The van der Waals surface area contributed by atoms with E-state index in [0.717, 1.165) is 22.7 Å². The number of ether oxygens (including phenoxy) is 3. The molecule has 0 saturated carbocycles. The molecule has 27 heavy (non-hydrogen) atoms. The van der Waals surface area contributed by atoms with Gasteiger partial charge >= 0.3 is 0 Å². The lowest BCUT2D eigenvalue weighted by molar-refractivity contribution is 0.326. The molecule has 0 radical (unpaired) electrons. The first kappa shape index (κ1) is 22.9. The second kappa shape index (κ2) is 12.3. The van der Waals surface area contributed by atoms with Crippen molar-refractivity contribution in [2.24, 2.45) is 10.7 Å². The van der Waals surface area contributed by atoms with Crippen LogP contribution in [-0.2, 0) is 0 Å². The molecule has 0 fully saturated rings. The molecule has 148 valence electrons. The maximum absolute atomic E-state index is 5.99. The van der Waals surface area contributed by atoms with E-state index in [1.807, 2.05) is 63.2 Å². The van der Waals surface area contributed by atoms with Crippen LogP contribution in [0.3, 0.4) is 0 Å². The van der Waals surface area contributed by atoms with E-state index in [9.17, 15) is 0 Å². The van der Waals surface area contributed by atoms with Crippen molar-refractivity contribution in [1.29, 1.82) is 0 Å². The summed E-state index contributed by atoms with van der Waals surface area (Å²) in [6, 6.07) is 13.4. The molecule has 3 N–H and O–H groups in total. The Kier molecular flexibility index (Phi) is 10.4. The van der Waals surface area contributed by atoms with Crippen LogP contribution < -0.4 is 25.3 Å². The maximum atomic E-state index is 5.99. The number of hydrogen-bond acceptors (Lipinski definition) is 4. The molecule has 0 aliphatic heterocycles. The van der Waals surface area contributed by atoms with Crippen molar-refractivity contribution in [2.45, 2.75) is 20.8 Å². The SMILES string of the molecule is CCOc1ccc(OCC)c(NC(N)=NCCOc2ccccc2C)c1.I. The molecule has 0 amide bonds. The summed E-state index contributed by atoms with van der Waals surface area (Å²) < 4.78 is 16.9. The van der Waals surface area contributed by atoms with Gasteiger partial charge < -0.3 is 25.3 Å². The van der Waals surface area contributed by atoms with E-state index in [2.05, 4.69) is 10.3 Å².